The molecule has 0 spiro atoms. The van der Waals surface area contributed by atoms with Gasteiger partial charge in [0.1, 0.15) is 5.75 Å². The molecule has 2 N–H and O–H groups in total. The lowest BCUT2D eigenvalue weighted by Crippen LogP contribution is -2.04. The number of phosphoric ester groups is 1. The zero-order valence-corrected chi connectivity index (χ0v) is 23.8. The van der Waals surface area contributed by atoms with E-state index >= 15 is 0 Å². The van der Waals surface area contributed by atoms with Crippen molar-refractivity contribution in [2.45, 2.75) is 12.4 Å². The number of hydrogen-bond acceptors (Lipinski definition) is 2. The number of fused-ring (bicyclic) bond motifs is 2. The number of halogens is 6. The normalized spacial score (nSPS) is 12.5. The third-order valence-corrected chi connectivity index (χ3v) is 7.83. The Morgan fingerprint density at radius 3 is 1.56 bits per heavy atom. The molecule has 6 aromatic rings. The molecule has 0 aliphatic heterocycles. The summed E-state index contributed by atoms with van der Waals surface area (Å²) in [6.07, 6.45) is -9.13. The summed E-state index contributed by atoms with van der Waals surface area (Å²) in [6.45, 7) is 0. The number of benzene rings is 6. The van der Waals surface area contributed by atoms with E-state index in [4.69, 9.17) is 4.52 Å². The molecule has 0 radical (unpaired) electrons. The van der Waals surface area contributed by atoms with Crippen LogP contribution in [0.2, 0.25) is 0 Å². The van der Waals surface area contributed by atoms with E-state index in [0.717, 1.165) is 24.3 Å². The molecule has 11 heteroatoms. The van der Waals surface area contributed by atoms with Crippen molar-refractivity contribution in [2.24, 2.45) is 0 Å². The molecule has 45 heavy (non-hydrogen) atoms. The Labute approximate surface area is 252 Å². The molecule has 0 atom stereocenters. The highest BCUT2D eigenvalue weighted by Crippen LogP contribution is 2.52. The molecule has 0 saturated carbocycles. The van der Waals surface area contributed by atoms with Crippen molar-refractivity contribution in [3.63, 3.8) is 0 Å². The summed E-state index contributed by atoms with van der Waals surface area (Å²) in [7, 11) is -5.23. The molecule has 0 fully saturated rings. The Bertz CT molecular complexity index is 2100. The van der Waals surface area contributed by atoms with E-state index in [1.165, 1.54) is 24.3 Å². The van der Waals surface area contributed by atoms with E-state index < -0.39 is 31.3 Å². The van der Waals surface area contributed by atoms with Gasteiger partial charge in [0.25, 0.3) is 0 Å². The largest absolute Gasteiger partial charge is 0.524 e. The van der Waals surface area contributed by atoms with Gasteiger partial charge in [-0.15, -0.1) is 0 Å². The van der Waals surface area contributed by atoms with Crippen LogP contribution in [-0.4, -0.2) is 9.79 Å². The predicted octanol–water partition coefficient (Wildman–Crippen LogP) is 10.5. The van der Waals surface area contributed by atoms with E-state index in [0.29, 0.717) is 38.2 Å². The van der Waals surface area contributed by atoms with Gasteiger partial charge in [0.05, 0.1) is 11.1 Å². The fraction of sp³-hybridized carbons (Fsp3) is 0.0588. The van der Waals surface area contributed by atoms with Crippen molar-refractivity contribution in [3.05, 3.63) is 126 Å². The van der Waals surface area contributed by atoms with Crippen molar-refractivity contribution < 1.29 is 45.2 Å². The Morgan fingerprint density at radius 2 is 1.02 bits per heavy atom. The molecule has 0 bridgehead atoms. The van der Waals surface area contributed by atoms with Gasteiger partial charge >= 0.3 is 20.2 Å². The van der Waals surface area contributed by atoms with Crippen LogP contribution in [0.15, 0.2) is 115 Å². The van der Waals surface area contributed by atoms with Gasteiger partial charge in [0.2, 0.25) is 0 Å². The van der Waals surface area contributed by atoms with Gasteiger partial charge in [0.15, 0.2) is 0 Å². The molecule has 0 heterocycles. The van der Waals surface area contributed by atoms with Crippen molar-refractivity contribution in [1.82, 2.24) is 0 Å². The molecule has 6 rings (SSSR count). The summed E-state index contributed by atoms with van der Waals surface area (Å²) >= 11 is 0. The molecular weight excluding hydrogens is 617 g/mol. The molecule has 0 aliphatic carbocycles. The lowest BCUT2D eigenvalue weighted by Gasteiger charge is -2.21. The zero-order chi connectivity index (χ0) is 32.1. The summed E-state index contributed by atoms with van der Waals surface area (Å²) in [5, 5.41) is 2.44. The second-order valence-electron chi connectivity index (χ2n) is 10.3. The van der Waals surface area contributed by atoms with Crippen LogP contribution in [-0.2, 0) is 16.9 Å². The first-order valence-electron chi connectivity index (χ1n) is 13.4. The minimum absolute atomic E-state index is 0.129. The third-order valence-electron chi connectivity index (χ3n) is 7.41. The fourth-order valence-corrected chi connectivity index (χ4v) is 5.83. The van der Waals surface area contributed by atoms with Crippen LogP contribution in [0.5, 0.6) is 5.75 Å². The highest BCUT2D eigenvalue weighted by atomic mass is 31.2. The SMILES string of the molecule is O=P(O)(O)Oc1c(-c2ccc(C(F)(F)F)cc2)cc2ccccc2c1-c1cc(-c2ccc(C(F)(F)F)cc2)cc2ccccc12. The first-order chi connectivity index (χ1) is 21.2. The molecule has 0 aliphatic rings. The highest BCUT2D eigenvalue weighted by Gasteiger charge is 2.32. The average molecular weight is 639 g/mol. The summed E-state index contributed by atoms with van der Waals surface area (Å²) in [4.78, 5) is 20.0. The average Bonchev–Trinajstić information content (AvgIpc) is 2.99. The van der Waals surface area contributed by atoms with Crippen LogP contribution in [0.25, 0.3) is 54.9 Å². The summed E-state index contributed by atoms with van der Waals surface area (Å²) in [5.41, 5.74) is 0.276. The monoisotopic (exact) mass is 638 g/mol. The van der Waals surface area contributed by atoms with Crippen LogP contribution >= 0.6 is 7.82 Å². The van der Waals surface area contributed by atoms with Gasteiger partial charge in [-0.2, -0.15) is 26.3 Å². The molecule has 0 aromatic heterocycles. The Kier molecular flexibility index (Phi) is 7.48. The van der Waals surface area contributed by atoms with Gasteiger partial charge in [-0.05, 0) is 86.3 Å². The molecule has 0 saturated heterocycles. The zero-order valence-electron chi connectivity index (χ0n) is 22.9. The standard InChI is InChI=1S/C34H21F6O4P/c35-33(36,37)25-13-9-20(10-14-25)24-17-22-5-1-3-7-27(22)30(19-24)31-28-8-4-2-6-23(28)18-29(32(31)44-45(41,42)43)21-11-15-26(16-12-21)34(38,39)40/h1-19H,(H2,41,42,43). The topological polar surface area (TPSA) is 66.8 Å². The maximum absolute atomic E-state index is 13.3. The Balaban J connectivity index is 1.68. The number of rotatable bonds is 5. The molecule has 0 amide bonds. The quantitative estimate of drug-likeness (QED) is 0.146. The van der Waals surface area contributed by atoms with E-state index in [1.807, 2.05) is 0 Å². The second kappa shape index (κ2) is 11.1. The molecule has 0 unspecified atom stereocenters. The van der Waals surface area contributed by atoms with Crippen molar-refractivity contribution >= 4 is 29.4 Å². The predicted molar refractivity (Wildman–Crippen MR) is 160 cm³/mol. The van der Waals surface area contributed by atoms with Crippen molar-refractivity contribution in [1.29, 1.82) is 0 Å². The summed E-state index contributed by atoms with van der Waals surface area (Å²) in [6, 6.07) is 27.8. The van der Waals surface area contributed by atoms with Gasteiger partial charge in [-0.3, -0.25) is 9.79 Å². The Morgan fingerprint density at radius 1 is 0.533 bits per heavy atom. The fourth-order valence-electron chi connectivity index (χ4n) is 5.40. The van der Waals surface area contributed by atoms with Gasteiger partial charge in [-0.1, -0.05) is 72.8 Å². The minimum Gasteiger partial charge on any atom is -0.403 e. The molecule has 4 nitrogen and oxygen atoms in total. The van der Waals surface area contributed by atoms with Crippen molar-refractivity contribution in [2.75, 3.05) is 0 Å². The molecular formula is C34H21F6O4P. The van der Waals surface area contributed by atoms with Crippen molar-refractivity contribution in [3.8, 4) is 39.1 Å². The van der Waals surface area contributed by atoms with Crippen LogP contribution in [0.4, 0.5) is 26.3 Å². The number of alkyl halides is 6. The number of hydrogen-bond donors (Lipinski definition) is 2. The molecule has 6 aromatic carbocycles. The van der Waals surface area contributed by atoms with E-state index in [-0.39, 0.29) is 22.4 Å². The van der Waals surface area contributed by atoms with Crippen LogP contribution in [0.1, 0.15) is 11.1 Å². The Hall–Kier alpha value is -4.63. The van der Waals surface area contributed by atoms with Crippen LogP contribution in [0.3, 0.4) is 0 Å². The van der Waals surface area contributed by atoms with Gasteiger partial charge in [-0.25, -0.2) is 4.57 Å². The van der Waals surface area contributed by atoms with E-state index in [2.05, 4.69) is 0 Å². The molecule has 228 valence electrons. The maximum atomic E-state index is 13.3. The third kappa shape index (κ3) is 6.17. The summed E-state index contributed by atoms with van der Waals surface area (Å²) < 4.78 is 97.6. The lowest BCUT2D eigenvalue weighted by molar-refractivity contribution is -0.138. The smallest absolute Gasteiger partial charge is 0.403 e. The van der Waals surface area contributed by atoms with E-state index in [1.54, 1.807) is 66.7 Å². The van der Waals surface area contributed by atoms with Gasteiger partial charge < -0.3 is 4.52 Å². The first-order valence-corrected chi connectivity index (χ1v) is 14.9. The second-order valence-corrected chi connectivity index (χ2v) is 11.5. The van der Waals surface area contributed by atoms with Crippen LogP contribution < -0.4 is 4.52 Å². The maximum Gasteiger partial charge on any atom is 0.524 e. The van der Waals surface area contributed by atoms with E-state index in [9.17, 15) is 40.7 Å². The lowest BCUT2D eigenvalue weighted by atomic mass is 9.87. The minimum atomic E-state index is -5.23. The number of phosphoric acid groups is 1. The van der Waals surface area contributed by atoms with Gasteiger partial charge in [0, 0.05) is 11.1 Å². The van der Waals surface area contributed by atoms with Crippen LogP contribution in [0, 0.1) is 0 Å². The summed E-state index contributed by atoms with van der Waals surface area (Å²) in [5.74, 6) is -0.267. The highest BCUT2D eigenvalue weighted by molar-refractivity contribution is 7.46. The first kappa shape index (κ1) is 30.4.